The molecule has 0 atom stereocenters. The van der Waals surface area contributed by atoms with E-state index in [0.29, 0.717) is 0 Å². The summed E-state index contributed by atoms with van der Waals surface area (Å²) in [4.78, 5) is 10.0. The van der Waals surface area contributed by atoms with Crippen LogP contribution in [0.3, 0.4) is 0 Å². The number of aryl methyl sites for hydroxylation is 4. The molecule has 0 spiro atoms. The fourth-order valence-electron chi connectivity index (χ4n) is 5.20. The largest absolute Gasteiger partial charge is 0.253 e. The summed E-state index contributed by atoms with van der Waals surface area (Å²) in [5.41, 5.74) is 12.4. The van der Waals surface area contributed by atoms with Crippen molar-refractivity contribution in [3.8, 4) is 33.6 Å². The van der Waals surface area contributed by atoms with E-state index in [1.165, 1.54) is 83.3 Å². The molecule has 2 aromatic heterocycles. The number of pyridine rings is 2. The topological polar surface area (TPSA) is 25.8 Å². The molecular weight excluding hydrogens is 388 g/mol. The Balaban J connectivity index is 1.34. The normalized spacial score (nSPS) is 15.1. The standard InChI is InChI=1S/C30H28N2/c1-3-13-27-21(7-1)15-17-29(31-27)25-11-5-9-23(19-25)24-10-6-12-26(20-24)30-18-16-22-8-2-4-14-28(22)32-30/h5-6,9-12,15-20H,1-4,7-8,13-14H2. The summed E-state index contributed by atoms with van der Waals surface area (Å²) in [6.45, 7) is 0. The molecule has 2 aliphatic rings. The van der Waals surface area contributed by atoms with Crippen LogP contribution in [0.4, 0.5) is 0 Å². The summed E-state index contributed by atoms with van der Waals surface area (Å²) >= 11 is 0. The van der Waals surface area contributed by atoms with E-state index in [1.807, 2.05) is 0 Å². The first kappa shape index (κ1) is 19.4. The van der Waals surface area contributed by atoms with Gasteiger partial charge < -0.3 is 0 Å². The predicted octanol–water partition coefficient (Wildman–Crippen LogP) is 7.24. The molecule has 6 rings (SSSR count). The first-order chi connectivity index (χ1) is 15.8. The first-order valence-electron chi connectivity index (χ1n) is 12.0. The van der Waals surface area contributed by atoms with Gasteiger partial charge in [-0.3, -0.25) is 9.97 Å². The van der Waals surface area contributed by atoms with E-state index in [-0.39, 0.29) is 0 Å². The number of aromatic nitrogens is 2. The Hall–Kier alpha value is -3.26. The zero-order chi connectivity index (χ0) is 21.3. The molecular formula is C30H28N2. The molecule has 2 heteroatoms. The van der Waals surface area contributed by atoms with Crippen LogP contribution < -0.4 is 0 Å². The third kappa shape index (κ3) is 3.75. The third-order valence-electron chi connectivity index (χ3n) is 7.01. The van der Waals surface area contributed by atoms with Crippen molar-refractivity contribution < 1.29 is 0 Å². The molecule has 0 saturated carbocycles. The molecule has 0 N–H and O–H groups in total. The molecule has 32 heavy (non-hydrogen) atoms. The van der Waals surface area contributed by atoms with Crippen LogP contribution in [0.15, 0.2) is 72.8 Å². The third-order valence-corrected chi connectivity index (χ3v) is 7.01. The van der Waals surface area contributed by atoms with Gasteiger partial charge in [-0.25, -0.2) is 0 Å². The summed E-state index contributed by atoms with van der Waals surface area (Å²) < 4.78 is 0. The maximum absolute atomic E-state index is 5.01. The minimum Gasteiger partial charge on any atom is -0.253 e. The van der Waals surface area contributed by atoms with E-state index in [0.717, 1.165) is 24.2 Å². The van der Waals surface area contributed by atoms with E-state index in [1.54, 1.807) is 0 Å². The Bertz CT molecular complexity index is 1190. The molecule has 0 bridgehead atoms. The average molecular weight is 417 g/mol. The van der Waals surface area contributed by atoms with E-state index in [4.69, 9.17) is 9.97 Å². The van der Waals surface area contributed by atoms with Crippen molar-refractivity contribution in [1.82, 2.24) is 9.97 Å². The fourth-order valence-corrected chi connectivity index (χ4v) is 5.20. The van der Waals surface area contributed by atoms with Crippen LogP contribution in [-0.4, -0.2) is 9.97 Å². The highest BCUT2D eigenvalue weighted by Gasteiger charge is 2.14. The Kier molecular flexibility index (Phi) is 5.07. The summed E-state index contributed by atoms with van der Waals surface area (Å²) in [6.07, 6.45) is 9.66. The van der Waals surface area contributed by atoms with Crippen LogP contribution in [0.1, 0.15) is 48.2 Å². The molecule has 4 aromatic rings. The van der Waals surface area contributed by atoms with Crippen molar-refractivity contribution in [2.75, 3.05) is 0 Å². The van der Waals surface area contributed by atoms with Gasteiger partial charge in [0.05, 0.1) is 11.4 Å². The van der Waals surface area contributed by atoms with Gasteiger partial charge in [0.25, 0.3) is 0 Å². The summed E-state index contributed by atoms with van der Waals surface area (Å²) in [6, 6.07) is 26.5. The van der Waals surface area contributed by atoms with Crippen LogP contribution in [0.25, 0.3) is 33.6 Å². The number of fused-ring (bicyclic) bond motifs is 2. The molecule has 0 amide bonds. The highest BCUT2D eigenvalue weighted by atomic mass is 14.7. The molecule has 0 fully saturated rings. The lowest BCUT2D eigenvalue weighted by atomic mass is 9.94. The average Bonchev–Trinajstić information content (AvgIpc) is 2.88. The number of hydrogen-bond donors (Lipinski definition) is 0. The number of nitrogens with zero attached hydrogens (tertiary/aromatic N) is 2. The zero-order valence-corrected chi connectivity index (χ0v) is 18.5. The maximum Gasteiger partial charge on any atom is 0.0705 e. The molecule has 0 radical (unpaired) electrons. The van der Waals surface area contributed by atoms with Gasteiger partial charge in [0.15, 0.2) is 0 Å². The van der Waals surface area contributed by atoms with Gasteiger partial charge in [0.1, 0.15) is 0 Å². The molecule has 0 unspecified atom stereocenters. The van der Waals surface area contributed by atoms with Crippen LogP contribution >= 0.6 is 0 Å². The van der Waals surface area contributed by atoms with Crippen molar-refractivity contribution in [1.29, 1.82) is 0 Å². The molecule has 2 heterocycles. The summed E-state index contributed by atoms with van der Waals surface area (Å²) in [5.74, 6) is 0. The maximum atomic E-state index is 5.01. The van der Waals surface area contributed by atoms with Gasteiger partial charge in [-0.15, -0.1) is 0 Å². The Labute approximate surface area is 190 Å². The van der Waals surface area contributed by atoms with Crippen LogP contribution in [0.5, 0.6) is 0 Å². The smallest absolute Gasteiger partial charge is 0.0705 e. The zero-order valence-electron chi connectivity index (χ0n) is 18.5. The molecule has 2 aliphatic carbocycles. The highest BCUT2D eigenvalue weighted by Crippen LogP contribution is 2.31. The second-order valence-electron chi connectivity index (χ2n) is 9.18. The van der Waals surface area contributed by atoms with Crippen molar-refractivity contribution in [3.63, 3.8) is 0 Å². The molecule has 158 valence electrons. The second-order valence-corrected chi connectivity index (χ2v) is 9.18. The van der Waals surface area contributed by atoms with Gasteiger partial charge >= 0.3 is 0 Å². The van der Waals surface area contributed by atoms with Gasteiger partial charge in [0.2, 0.25) is 0 Å². The lowest BCUT2D eigenvalue weighted by molar-refractivity contribution is 0.668. The quantitative estimate of drug-likeness (QED) is 0.352. The van der Waals surface area contributed by atoms with E-state index in [2.05, 4.69) is 72.8 Å². The minimum absolute atomic E-state index is 1.08. The molecule has 0 saturated heterocycles. The van der Waals surface area contributed by atoms with Crippen molar-refractivity contribution >= 4 is 0 Å². The monoisotopic (exact) mass is 416 g/mol. The number of benzene rings is 2. The predicted molar refractivity (Wildman–Crippen MR) is 132 cm³/mol. The number of rotatable bonds is 3. The lowest BCUT2D eigenvalue weighted by Gasteiger charge is -2.16. The van der Waals surface area contributed by atoms with E-state index in [9.17, 15) is 0 Å². The molecule has 2 aromatic carbocycles. The van der Waals surface area contributed by atoms with Gasteiger partial charge in [0, 0.05) is 22.5 Å². The van der Waals surface area contributed by atoms with Crippen LogP contribution in [-0.2, 0) is 25.7 Å². The van der Waals surface area contributed by atoms with Gasteiger partial charge in [-0.2, -0.15) is 0 Å². The Morgan fingerprint density at radius 1 is 0.438 bits per heavy atom. The number of hydrogen-bond acceptors (Lipinski definition) is 2. The fraction of sp³-hybridized carbons (Fsp3) is 0.267. The van der Waals surface area contributed by atoms with Gasteiger partial charge in [-0.1, -0.05) is 48.5 Å². The first-order valence-corrected chi connectivity index (χ1v) is 12.0. The van der Waals surface area contributed by atoms with E-state index >= 15 is 0 Å². The highest BCUT2D eigenvalue weighted by molar-refractivity contribution is 5.75. The van der Waals surface area contributed by atoms with Crippen LogP contribution in [0, 0.1) is 0 Å². The lowest BCUT2D eigenvalue weighted by Crippen LogP contribution is -2.05. The summed E-state index contributed by atoms with van der Waals surface area (Å²) in [5, 5.41) is 0. The van der Waals surface area contributed by atoms with Crippen molar-refractivity contribution in [2.45, 2.75) is 51.4 Å². The van der Waals surface area contributed by atoms with Gasteiger partial charge in [-0.05, 0) is 97.9 Å². The molecule has 2 nitrogen and oxygen atoms in total. The van der Waals surface area contributed by atoms with Crippen LogP contribution in [0.2, 0.25) is 0 Å². The molecule has 0 aliphatic heterocycles. The Morgan fingerprint density at radius 3 is 1.38 bits per heavy atom. The van der Waals surface area contributed by atoms with E-state index < -0.39 is 0 Å². The summed E-state index contributed by atoms with van der Waals surface area (Å²) in [7, 11) is 0. The van der Waals surface area contributed by atoms with Crippen molar-refractivity contribution in [3.05, 3.63) is 95.3 Å². The second kappa shape index (κ2) is 8.35. The van der Waals surface area contributed by atoms with Crippen molar-refractivity contribution in [2.24, 2.45) is 0 Å². The Morgan fingerprint density at radius 2 is 0.875 bits per heavy atom. The SMILES string of the molecule is c1cc(-c2cccc(-c3ccc4c(n3)CCCC4)c2)cc(-c2ccc3c(n2)CCCC3)c1. The minimum atomic E-state index is 1.08.